The van der Waals surface area contributed by atoms with Gasteiger partial charge in [-0.1, -0.05) is 18.2 Å². The highest BCUT2D eigenvalue weighted by molar-refractivity contribution is 6.14. The highest BCUT2D eigenvalue weighted by Crippen LogP contribution is 2.56. The number of nitrogens with two attached hydrogens (primary N) is 1. The first-order valence-electron chi connectivity index (χ1n) is 9.23. The summed E-state index contributed by atoms with van der Waals surface area (Å²) in [5.74, 6) is -0.911. The maximum absolute atomic E-state index is 14.3. The van der Waals surface area contributed by atoms with Gasteiger partial charge in [-0.05, 0) is 37.3 Å². The molecule has 0 bridgehead atoms. The summed E-state index contributed by atoms with van der Waals surface area (Å²) in [6, 6.07) is 15.3. The topological polar surface area (TPSA) is 97.2 Å². The van der Waals surface area contributed by atoms with E-state index < -0.39 is 17.1 Å². The van der Waals surface area contributed by atoms with Crippen molar-refractivity contribution in [1.82, 2.24) is 9.78 Å². The molecule has 2 aromatic carbocycles. The van der Waals surface area contributed by atoms with Gasteiger partial charge in [0.2, 0.25) is 17.7 Å². The van der Waals surface area contributed by atoms with Gasteiger partial charge in [-0.3, -0.25) is 4.79 Å². The number of carbonyl (C=O) groups excluding carboxylic acids is 1. The fourth-order valence-electron chi connectivity index (χ4n) is 4.44. The van der Waals surface area contributed by atoms with Crippen molar-refractivity contribution in [3.63, 3.8) is 0 Å². The summed E-state index contributed by atoms with van der Waals surface area (Å²) in [7, 11) is 1.59. The summed E-state index contributed by atoms with van der Waals surface area (Å²) in [6.45, 7) is 1.73. The highest BCUT2D eigenvalue weighted by atomic mass is 19.1. The lowest BCUT2D eigenvalue weighted by Gasteiger charge is -2.32. The van der Waals surface area contributed by atoms with E-state index in [1.807, 2.05) is 36.4 Å². The SMILES string of the molecule is Cc1nn(-c2ccccc2)c2c1C1(C(=O)N(C)c3ccc(F)cc31)C(C#N)=C(N)O2. The number of hydrogen-bond acceptors (Lipinski definition) is 5. The van der Waals surface area contributed by atoms with Gasteiger partial charge in [0.05, 0.1) is 16.9 Å². The van der Waals surface area contributed by atoms with E-state index in [4.69, 9.17) is 10.5 Å². The number of aromatic nitrogens is 2. The molecule has 2 aliphatic heterocycles. The number of likely N-dealkylation sites (N-methyl/N-ethyl adjacent to an activating group) is 1. The quantitative estimate of drug-likeness (QED) is 0.676. The van der Waals surface area contributed by atoms with E-state index in [1.54, 1.807) is 14.0 Å². The summed E-state index contributed by atoms with van der Waals surface area (Å²) in [6.07, 6.45) is 0. The summed E-state index contributed by atoms with van der Waals surface area (Å²) in [5.41, 5.74) is 6.85. The van der Waals surface area contributed by atoms with Crippen molar-refractivity contribution < 1.29 is 13.9 Å². The number of hydrogen-bond donors (Lipinski definition) is 1. The average Bonchev–Trinajstić information content (AvgIpc) is 3.17. The molecule has 0 saturated heterocycles. The zero-order chi connectivity index (χ0) is 21.2. The van der Waals surface area contributed by atoms with E-state index >= 15 is 0 Å². The number of benzene rings is 2. The molecule has 1 atom stereocenters. The highest BCUT2D eigenvalue weighted by Gasteiger charge is 2.60. The van der Waals surface area contributed by atoms with Crippen LogP contribution in [0.4, 0.5) is 10.1 Å². The Morgan fingerprint density at radius 2 is 1.97 bits per heavy atom. The molecule has 7 nitrogen and oxygen atoms in total. The molecule has 0 fully saturated rings. The van der Waals surface area contributed by atoms with Crippen LogP contribution in [-0.4, -0.2) is 22.7 Å². The van der Waals surface area contributed by atoms with Gasteiger partial charge in [-0.15, -0.1) is 0 Å². The van der Waals surface area contributed by atoms with E-state index in [0.29, 0.717) is 28.2 Å². The van der Waals surface area contributed by atoms with Gasteiger partial charge in [-0.2, -0.15) is 10.4 Å². The first-order chi connectivity index (χ1) is 14.4. The van der Waals surface area contributed by atoms with E-state index in [1.165, 1.54) is 27.8 Å². The van der Waals surface area contributed by atoms with Gasteiger partial charge in [0.1, 0.15) is 22.9 Å². The van der Waals surface area contributed by atoms with Gasteiger partial charge < -0.3 is 15.4 Å². The lowest BCUT2D eigenvalue weighted by molar-refractivity contribution is -0.120. The maximum Gasteiger partial charge on any atom is 0.247 e. The van der Waals surface area contributed by atoms with Crippen molar-refractivity contribution in [2.24, 2.45) is 5.73 Å². The summed E-state index contributed by atoms with van der Waals surface area (Å²) >= 11 is 0. The minimum Gasteiger partial charge on any atom is -0.422 e. The molecular weight excluding hydrogens is 385 g/mol. The molecule has 8 heteroatoms. The fourth-order valence-corrected chi connectivity index (χ4v) is 4.44. The number of rotatable bonds is 1. The van der Waals surface area contributed by atoms with E-state index in [2.05, 4.69) is 5.10 Å². The van der Waals surface area contributed by atoms with Crippen LogP contribution >= 0.6 is 0 Å². The molecule has 30 heavy (non-hydrogen) atoms. The Morgan fingerprint density at radius 1 is 1.23 bits per heavy atom. The van der Waals surface area contributed by atoms with Crippen LogP contribution in [0.5, 0.6) is 5.88 Å². The van der Waals surface area contributed by atoms with Crippen molar-refractivity contribution in [2.75, 3.05) is 11.9 Å². The van der Waals surface area contributed by atoms with Crippen LogP contribution in [0.25, 0.3) is 5.69 Å². The number of para-hydroxylation sites is 1. The van der Waals surface area contributed by atoms with Crippen LogP contribution in [0.15, 0.2) is 60.0 Å². The monoisotopic (exact) mass is 401 g/mol. The number of carbonyl (C=O) groups is 1. The van der Waals surface area contributed by atoms with E-state index in [-0.39, 0.29) is 17.3 Å². The largest absolute Gasteiger partial charge is 0.422 e. The lowest BCUT2D eigenvalue weighted by Crippen LogP contribution is -2.45. The smallest absolute Gasteiger partial charge is 0.247 e. The third-order valence-corrected chi connectivity index (χ3v) is 5.68. The zero-order valence-electron chi connectivity index (χ0n) is 16.2. The molecule has 0 aliphatic carbocycles. The second-order valence-electron chi connectivity index (χ2n) is 7.24. The molecular formula is C22H16FN5O2. The molecule has 0 saturated carbocycles. The Kier molecular flexibility index (Phi) is 3.55. The predicted octanol–water partition coefficient (Wildman–Crippen LogP) is 2.67. The number of aryl methyl sites for hydroxylation is 1. The van der Waals surface area contributed by atoms with E-state index in [9.17, 15) is 14.4 Å². The average molecular weight is 401 g/mol. The standard InChI is InChI=1S/C22H16FN5O2/c1-12-18-20(28(26-12)14-6-4-3-5-7-14)30-19(25)16(11-24)22(18)15-10-13(23)8-9-17(15)27(2)21(22)29/h3-10H,25H2,1-2H3. The van der Waals surface area contributed by atoms with Crippen molar-refractivity contribution in [2.45, 2.75) is 12.3 Å². The first-order valence-corrected chi connectivity index (χ1v) is 9.23. The van der Waals surface area contributed by atoms with Crippen LogP contribution < -0.4 is 15.4 Å². The first kappa shape index (κ1) is 17.9. The van der Waals surface area contributed by atoms with Crippen LogP contribution in [0.1, 0.15) is 16.8 Å². The Morgan fingerprint density at radius 3 is 2.67 bits per heavy atom. The molecule has 2 aliphatic rings. The fraction of sp³-hybridized carbons (Fsp3) is 0.136. The minimum atomic E-state index is -1.63. The summed E-state index contributed by atoms with van der Waals surface area (Å²) < 4.78 is 21.7. The molecule has 1 amide bonds. The minimum absolute atomic E-state index is 0.0769. The summed E-state index contributed by atoms with van der Waals surface area (Å²) in [4.78, 5) is 15.1. The second-order valence-corrected chi connectivity index (χ2v) is 7.24. The number of fused-ring (bicyclic) bond motifs is 4. The Balaban J connectivity index is 1.93. The van der Waals surface area contributed by atoms with Crippen LogP contribution in [-0.2, 0) is 10.2 Å². The van der Waals surface area contributed by atoms with Gasteiger partial charge in [-0.25, -0.2) is 9.07 Å². The number of amides is 1. The van der Waals surface area contributed by atoms with Gasteiger partial charge in [0.15, 0.2) is 0 Å². The lowest BCUT2D eigenvalue weighted by atomic mass is 9.69. The van der Waals surface area contributed by atoms with Gasteiger partial charge in [0, 0.05) is 18.3 Å². The molecule has 148 valence electrons. The van der Waals surface area contributed by atoms with Crippen molar-refractivity contribution in [3.05, 3.63) is 82.6 Å². The number of halogens is 1. The number of nitrogens with zero attached hydrogens (tertiary/aromatic N) is 4. The molecule has 3 heterocycles. The zero-order valence-corrected chi connectivity index (χ0v) is 16.2. The summed E-state index contributed by atoms with van der Waals surface area (Å²) in [5, 5.41) is 14.5. The third-order valence-electron chi connectivity index (χ3n) is 5.68. The molecule has 1 unspecified atom stereocenters. The van der Waals surface area contributed by atoms with Crippen molar-refractivity contribution >= 4 is 11.6 Å². The van der Waals surface area contributed by atoms with Crippen LogP contribution in [0.2, 0.25) is 0 Å². The molecule has 1 aromatic heterocycles. The Labute approximate surface area is 171 Å². The Bertz CT molecular complexity index is 1310. The molecule has 2 N–H and O–H groups in total. The van der Waals surface area contributed by atoms with Crippen LogP contribution in [0, 0.1) is 24.1 Å². The number of ether oxygens (including phenoxy) is 1. The van der Waals surface area contributed by atoms with Gasteiger partial charge in [0.25, 0.3) is 0 Å². The Hall–Kier alpha value is -4.12. The normalized spacial score (nSPS) is 19.5. The van der Waals surface area contributed by atoms with Gasteiger partial charge >= 0.3 is 0 Å². The van der Waals surface area contributed by atoms with Crippen LogP contribution in [0.3, 0.4) is 0 Å². The number of nitriles is 1. The van der Waals surface area contributed by atoms with Crippen molar-refractivity contribution in [1.29, 1.82) is 5.26 Å². The maximum atomic E-state index is 14.3. The predicted molar refractivity (Wildman–Crippen MR) is 106 cm³/mol. The van der Waals surface area contributed by atoms with Crippen molar-refractivity contribution in [3.8, 4) is 17.6 Å². The molecule has 0 radical (unpaired) electrons. The molecule has 1 spiro atoms. The second kappa shape index (κ2) is 5.94. The third kappa shape index (κ3) is 2.01. The molecule has 5 rings (SSSR count). The van der Waals surface area contributed by atoms with E-state index in [0.717, 1.165) is 0 Å². The number of anilines is 1. The molecule has 3 aromatic rings.